The van der Waals surface area contributed by atoms with E-state index in [2.05, 4.69) is 5.32 Å². The minimum absolute atomic E-state index is 0.201. The molecule has 0 aromatic rings. The molecule has 1 heterocycles. The smallest absolute Gasteiger partial charge is 0.227 e. The van der Waals surface area contributed by atoms with E-state index >= 15 is 0 Å². The van der Waals surface area contributed by atoms with E-state index in [1.54, 1.807) is 0 Å². The number of amides is 1. The summed E-state index contributed by atoms with van der Waals surface area (Å²) in [6.45, 7) is 1.35. The summed E-state index contributed by atoms with van der Waals surface area (Å²) in [6, 6.07) is 0. The van der Waals surface area contributed by atoms with Crippen LogP contribution in [0.2, 0.25) is 0 Å². The summed E-state index contributed by atoms with van der Waals surface area (Å²) < 4.78 is 0. The Bertz CT molecular complexity index is 242. The van der Waals surface area contributed by atoms with Crippen molar-refractivity contribution in [2.45, 2.75) is 43.8 Å². The number of nitrogens with two attached hydrogens (primary N) is 1. The van der Waals surface area contributed by atoms with E-state index in [0.717, 1.165) is 25.8 Å². The Morgan fingerprint density at radius 1 is 1.38 bits per heavy atom. The molecule has 1 unspecified atom stereocenters. The molecule has 1 saturated heterocycles. The Kier molecular flexibility index (Phi) is 4.14. The van der Waals surface area contributed by atoms with E-state index in [9.17, 15) is 4.79 Å². The molecule has 0 aromatic carbocycles. The Hall–Kier alpha value is -0.220. The molecule has 92 valence electrons. The number of thioether (sulfide) groups is 1. The maximum absolute atomic E-state index is 12.0. The van der Waals surface area contributed by atoms with Gasteiger partial charge in [-0.25, -0.2) is 0 Å². The number of hydrogen-bond acceptors (Lipinski definition) is 3. The summed E-state index contributed by atoms with van der Waals surface area (Å²) in [4.78, 5) is 12.0. The average Bonchev–Trinajstić information content (AvgIpc) is 2.27. The van der Waals surface area contributed by atoms with Crippen LogP contribution in [0.4, 0.5) is 0 Å². The van der Waals surface area contributed by atoms with Crippen LogP contribution in [0.5, 0.6) is 0 Å². The van der Waals surface area contributed by atoms with E-state index in [1.807, 2.05) is 11.8 Å². The molecule has 0 radical (unpaired) electrons. The monoisotopic (exact) mass is 242 g/mol. The van der Waals surface area contributed by atoms with Crippen LogP contribution < -0.4 is 11.1 Å². The van der Waals surface area contributed by atoms with Gasteiger partial charge in [0.15, 0.2) is 0 Å². The fourth-order valence-electron chi connectivity index (χ4n) is 2.49. The van der Waals surface area contributed by atoms with Gasteiger partial charge >= 0.3 is 0 Å². The van der Waals surface area contributed by atoms with Gasteiger partial charge in [-0.05, 0) is 31.4 Å². The predicted molar refractivity (Wildman–Crippen MR) is 68.4 cm³/mol. The SMILES string of the molecule is NCC1(C(=O)NCC2CCCCS2)CCC1. The molecule has 1 amide bonds. The predicted octanol–water partition coefficient (Wildman–Crippen LogP) is 1.52. The van der Waals surface area contributed by atoms with Crippen LogP contribution in [0, 0.1) is 5.41 Å². The highest BCUT2D eigenvalue weighted by Gasteiger charge is 2.42. The van der Waals surface area contributed by atoms with E-state index in [0.29, 0.717) is 11.8 Å². The van der Waals surface area contributed by atoms with Crippen molar-refractivity contribution in [1.82, 2.24) is 5.32 Å². The van der Waals surface area contributed by atoms with Gasteiger partial charge in [-0.15, -0.1) is 0 Å². The van der Waals surface area contributed by atoms with Crippen LogP contribution in [-0.2, 0) is 4.79 Å². The maximum atomic E-state index is 12.0. The molecule has 2 rings (SSSR count). The summed E-state index contributed by atoms with van der Waals surface area (Å²) in [6.07, 6.45) is 7.01. The quantitative estimate of drug-likeness (QED) is 0.786. The van der Waals surface area contributed by atoms with E-state index in [1.165, 1.54) is 25.0 Å². The zero-order valence-corrected chi connectivity index (χ0v) is 10.7. The van der Waals surface area contributed by atoms with Crippen molar-refractivity contribution in [2.75, 3.05) is 18.8 Å². The second-order valence-electron chi connectivity index (χ2n) is 5.04. The molecule has 4 heteroatoms. The van der Waals surface area contributed by atoms with Crippen molar-refractivity contribution in [1.29, 1.82) is 0 Å². The molecule has 1 aliphatic heterocycles. The lowest BCUT2D eigenvalue weighted by atomic mass is 9.68. The average molecular weight is 242 g/mol. The highest BCUT2D eigenvalue weighted by molar-refractivity contribution is 7.99. The minimum Gasteiger partial charge on any atom is -0.354 e. The van der Waals surface area contributed by atoms with Crippen molar-refractivity contribution in [3.05, 3.63) is 0 Å². The normalized spacial score (nSPS) is 28.2. The Balaban J connectivity index is 1.74. The van der Waals surface area contributed by atoms with Crippen LogP contribution in [-0.4, -0.2) is 30.0 Å². The van der Waals surface area contributed by atoms with Crippen LogP contribution in [0.25, 0.3) is 0 Å². The fourth-order valence-corrected chi connectivity index (χ4v) is 3.73. The van der Waals surface area contributed by atoms with Gasteiger partial charge < -0.3 is 11.1 Å². The zero-order chi connectivity index (χ0) is 11.4. The Labute approximate surface area is 102 Å². The van der Waals surface area contributed by atoms with E-state index in [-0.39, 0.29) is 11.3 Å². The topological polar surface area (TPSA) is 55.1 Å². The van der Waals surface area contributed by atoms with Crippen LogP contribution in [0.15, 0.2) is 0 Å². The van der Waals surface area contributed by atoms with Gasteiger partial charge in [0.1, 0.15) is 0 Å². The molecule has 1 aliphatic carbocycles. The van der Waals surface area contributed by atoms with Gasteiger partial charge in [-0.3, -0.25) is 4.79 Å². The highest BCUT2D eigenvalue weighted by Crippen LogP contribution is 2.40. The lowest BCUT2D eigenvalue weighted by Gasteiger charge is -2.39. The first-order valence-corrected chi connectivity index (χ1v) is 7.42. The summed E-state index contributed by atoms with van der Waals surface area (Å²) in [5.74, 6) is 1.45. The van der Waals surface area contributed by atoms with Crippen LogP contribution in [0.3, 0.4) is 0 Å². The zero-order valence-electron chi connectivity index (χ0n) is 9.84. The molecule has 0 aromatic heterocycles. The van der Waals surface area contributed by atoms with E-state index in [4.69, 9.17) is 5.73 Å². The first-order chi connectivity index (χ1) is 7.77. The van der Waals surface area contributed by atoms with Gasteiger partial charge in [0.05, 0.1) is 5.41 Å². The van der Waals surface area contributed by atoms with Gasteiger partial charge in [0.25, 0.3) is 0 Å². The van der Waals surface area contributed by atoms with Crippen LogP contribution >= 0.6 is 11.8 Å². The van der Waals surface area contributed by atoms with Crippen molar-refractivity contribution >= 4 is 17.7 Å². The first kappa shape index (κ1) is 12.2. The van der Waals surface area contributed by atoms with Gasteiger partial charge in [0.2, 0.25) is 5.91 Å². The second-order valence-corrected chi connectivity index (χ2v) is 6.44. The minimum atomic E-state index is -0.209. The summed E-state index contributed by atoms with van der Waals surface area (Å²) in [7, 11) is 0. The fraction of sp³-hybridized carbons (Fsp3) is 0.917. The van der Waals surface area contributed by atoms with Gasteiger partial charge in [-0.1, -0.05) is 12.8 Å². The summed E-state index contributed by atoms with van der Waals surface area (Å²) >= 11 is 2.00. The van der Waals surface area contributed by atoms with E-state index < -0.39 is 0 Å². The number of rotatable bonds is 4. The second kappa shape index (κ2) is 5.41. The molecule has 16 heavy (non-hydrogen) atoms. The van der Waals surface area contributed by atoms with Crippen molar-refractivity contribution in [3.63, 3.8) is 0 Å². The van der Waals surface area contributed by atoms with Crippen molar-refractivity contribution in [3.8, 4) is 0 Å². The highest BCUT2D eigenvalue weighted by atomic mass is 32.2. The first-order valence-electron chi connectivity index (χ1n) is 6.37. The van der Waals surface area contributed by atoms with Crippen molar-refractivity contribution < 1.29 is 4.79 Å². The largest absolute Gasteiger partial charge is 0.354 e. The third-order valence-corrected chi connectivity index (χ3v) is 5.35. The molecule has 3 N–H and O–H groups in total. The molecule has 0 bridgehead atoms. The standard InChI is InChI=1S/C12H22N2OS/c13-9-12(5-3-6-12)11(15)14-8-10-4-1-2-7-16-10/h10H,1-9,13H2,(H,14,15). The maximum Gasteiger partial charge on any atom is 0.227 e. The molecular formula is C12H22N2OS. The number of hydrogen-bond donors (Lipinski definition) is 2. The Morgan fingerprint density at radius 2 is 2.19 bits per heavy atom. The third-order valence-electron chi connectivity index (χ3n) is 3.95. The third kappa shape index (κ3) is 2.54. The number of carbonyl (C=O) groups excluding carboxylic acids is 1. The molecule has 2 aliphatic rings. The Morgan fingerprint density at radius 3 is 2.69 bits per heavy atom. The van der Waals surface area contributed by atoms with Gasteiger partial charge in [-0.2, -0.15) is 11.8 Å². The van der Waals surface area contributed by atoms with Crippen molar-refractivity contribution in [2.24, 2.45) is 11.1 Å². The molecule has 0 spiro atoms. The summed E-state index contributed by atoms with van der Waals surface area (Å²) in [5, 5.41) is 3.74. The lowest BCUT2D eigenvalue weighted by molar-refractivity contribution is -0.135. The number of nitrogens with one attached hydrogen (secondary N) is 1. The molecule has 3 nitrogen and oxygen atoms in total. The number of carbonyl (C=O) groups is 1. The lowest BCUT2D eigenvalue weighted by Crippen LogP contribution is -2.51. The van der Waals surface area contributed by atoms with Crippen LogP contribution in [0.1, 0.15) is 38.5 Å². The molecule has 1 atom stereocenters. The molecule has 1 saturated carbocycles. The molecular weight excluding hydrogens is 220 g/mol. The molecule has 2 fully saturated rings. The summed E-state index contributed by atoms with van der Waals surface area (Å²) in [5.41, 5.74) is 5.50. The van der Waals surface area contributed by atoms with Gasteiger partial charge in [0, 0.05) is 18.3 Å².